The van der Waals surface area contributed by atoms with Crippen LogP contribution in [0.15, 0.2) is 17.6 Å². The van der Waals surface area contributed by atoms with Gasteiger partial charge in [0.05, 0.1) is 6.54 Å². The molecule has 1 rings (SSSR count). The maximum atomic E-state index is 11.4. The summed E-state index contributed by atoms with van der Waals surface area (Å²) in [4.78, 5) is 26.0. The van der Waals surface area contributed by atoms with Crippen LogP contribution < -0.4 is 0 Å². The van der Waals surface area contributed by atoms with E-state index in [9.17, 15) is 9.59 Å². The van der Waals surface area contributed by atoms with Crippen molar-refractivity contribution in [1.29, 1.82) is 0 Å². The second-order valence-corrected chi connectivity index (χ2v) is 2.76. The first-order valence-corrected chi connectivity index (χ1v) is 4.04. The van der Waals surface area contributed by atoms with Crippen molar-refractivity contribution < 1.29 is 23.9 Å². The molecule has 1 heterocycles. The minimum absolute atomic E-state index is 0. The molecule has 6 nitrogen and oxygen atoms in total. The first-order valence-electron chi connectivity index (χ1n) is 4.04. The van der Waals surface area contributed by atoms with Crippen molar-refractivity contribution in [3.05, 3.63) is 12.7 Å². The number of hydrogen-bond acceptors (Lipinski definition) is 4. The van der Waals surface area contributed by atoms with E-state index in [-0.39, 0.29) is 42.7 Å². The van der Waals surface area contributed by atoms with Crippen LogP contribution in [0.3, 0.4) is 0 Å². The van der Waals surface area contributed by atoms with E-state index >= 15 is 0 Å². The second-order valence-electron chi connectivity index (χ2n) is 2.76. The van der Waals surface area contributed by atoms with Crippen molar-refractivity contribution in [2.75, 3.05) is 19.7 Å². The minimum atomic E-state index is -1.28. The van der Waals surface area contributed by atoms with Gasteiger partial charge in [0.2, 0.25) is 6.34 Å². The number of ether oxygens (including phenoxy) is 1. The van der Waals surface area contributed by atoms with Crippen LogP contribution >= 0.6 is 0 Å². The Hall–Kier alpha value is -0.690. The first-order chi connectivity index (χ1) is 6.63. The Bertz CT molecular complexity index is 305. The van der Waals surface area contributed by atoms with E-state index < -0.39 is 16.7 Å². The molecule has 2 amide bonds. The van der Waals surface area contributed by atoms with Gasteiger partial charge in [0, 0.05) is 0 Å². The summed E-state index contributed by atoms with van der Waals surface area (Å²) in [6.45, 7) is 3.78. The molecule has 0 aromatic heterocycles. The van der Waals surface area contributed by atoms with Crippen molar-refractivity contribution >= 4 is 48.1 Å². The van der Waals surface area contributed by atoms with Gasteiger partial charge in [-0.1, -0.05) is 17.1 Å². The summed E-state index contributed by atoms with van der Waals surface area (Å²) in [5.41, 5.74) is 0. The molecule has 78 valence electrons. The van der Waals surface area contributed by atoms with Gasteiger partial charge >= 0.3 is 41.7 Å². The second kappa shape index (κ2) is 6.02. The molecule has 1 aliphatic rings. The van der Waals surface area contributed by atoms with E-state index in [1.165, 1.54) is 6.08 Å². The molecule has 0 spiro atoms. The Morgan fingerprint density at radius 2 is 2.33 bits per heavy atom. The third-order valence-corrected chi connectivity index (χ3v) is 1.85. The van der Waals surface area contributed by atoms with Crippen LogP contribution in [0.1, 0.15) is 0 Å². The predicted octanol–water partition coefficient (Wildman–Crippen LogP) is 0.197. The molecular formula is C8H12N2NaO4+. The topological polar surface area (TPSA) is 76.0 Å². The van der Waals surface area contributed by atoms with Gasteiger partial charge in [0.1, 0.15) is 13.2 Å². The third-order valence-electron chi connectivity index (χ3n) is 1.85. The number of amides is 2. The molecule has 0 saturated carbocycles. The van der Waals surface area contributed by atoms with Crippen LogP contribution in [-0.2, 0) is 4.74 Å². The summed E-state index contributed by atoms with van der Waals surface area (Å²) in [5.74, 6) is 0. The van der Waals surface area contributed by atoms with E-state index in [1.807, 2.05) is 0 Å². The summed E-state index contributed by atoms with van der Waals surface area (Å²) in [7, 11) is 0. The predicted molar refractivity (Wildman–Crippen MR) is 55.2 cm³/mol. The zero-order chi connectivity index (χ0) is 10.6. The quantitative estimate of drug-likeness (QED) is 0.412. The maximum absolute atomic E-state index is 11.4. The molecule has 0 fully saturated rings. The Morgan fingerprint density at radius 3 is 2.73 bits per heavy atom. The number of hydrogen-bond donors (Lipinski definition) is 1. The molecule has 0 radical (unpaired) electrons. The zero-order valence-electron chi connectivity index (χ0n) is 7.55. The number of aliphatic imine (C=N–C) groups is 1. The molecule has 7 heteroatoms. The fourth-order valence-corrected chi connectivity index (χ4v) is 1.08. The van der Waals surface area contributed by atoms with Crippen molar-refractivity contribution in [3.63, 3.8) is 0 Å². The molecule has 0 aromatic rings. The zero-order valence-corrected chi connectivity index (χ0v) is 7.55. The first kappa shape index (κ1) is 14.3. The summed E-state index contributed by atoms with van der Waals surface area (Å²) >= 11 is 0. The SMILES string of the molecule is C=CCOC(=O)[N+]1(C(=O)O)C=NCC1.[NaH]. The summed E-state index contributed by atoms with van der Waals surface area (Å²) in [6, 6.07) is 0. The Balaban J connectivity index is 0.00000196. The number of imide groups is 1. The van der Waals surface area contributed by atoms with Crippen LogP contribution in [0.25, 0.3) is 0 Å². The molecule has 1 aliphatic heterocycles. The van der Waals surface area contributed by atoms with Crippen molar-refractivity contribution in [1.82, 2.24) is 0 Å². The fraction of sp³-hybridized carbons (Fsp3) is 0.375. The van der Waals surface area contributed by atoms with Gasteiger partial charge in [-0.2, -0.15) is 9.59 Å². The van der Waals surface area contributed by atoms with Gasteiger partial charge in [-0.25, -0.2) is 4.99 Å². The van der Waals surface area contributed by atoms with Gasteiger partial charge in [-0.05, 0) is 0 Å². The van der Waals surface area contributed by atoms with Gasteiger partial charge in [-0.15, -0.1) is 0 Å². The normalized spacial score (nSPS) is 22.9. The van der Waals surface area contributed by atoms with Crippen molar-refractivity contribution in [3.8, 4) is 0 Å². The molecule has 1 N–H and O–H groups in total. The molecule has 0 aliphatic carbocycles. The van der Waals surface area contributed by atoms with Crippen LogP contribution in [0, 0.1) is 0 Å². The van der Waals surface area contributed by atoms with Gasteiger partial charge in [-0.3, -0.25) is 0 Å². The molecule has 0 bridgehead atoms. The summed E-state index contributed by atoms with van der Waals surface area (Å²) in [5, 5.41) is 8.89. The molecular weight excluding hydrogens is 211 g/mol. The van der Waals surface area contributed by atoms with Crippen LogP contribution in [-0.4, -0.2) is 77.4 Å². The average molecular weight is 223 g/mol. The average Bonchev–Trinajstić information content (AvgIpc) is 2.63. The molecule has 0 saturated heterocycles. The summed E-state index contributed by atoms with van der Waals surface area (Å²) < 4.78 is 3.80. The number of quaternary nitrogens is 1. The van der Waals surface area contributed by atoms with Crippen molar-refractivity contribution in [2.45, 2.75) is 0 Å². The molecule has 0 aromatic carbocycles. The van der Waals surface area contributed by atoms with Gasteiger partial charge in [0.25, 0.3) is 0 Å². The molecule has 15 heavy (non-hydrogen) atoms. The van der Waals surface area contributed by atoms with E-state index in [2.05, 4.69) is 16.3 Å². The Kier molecular flexibility index (Phi) is 5.74. The van der Waals surface area contributed by atoms with Crippen LogP contribution in [0.5, 0.6) is 0 Å². The molecule has 1 atom stereocenters. The summed E-state index contributed by atoms with van der Waals surface area (Å²) in [6.07, 6.45) is 0.357. The number of carbonyl (C=O) groups is 2. The number of rotatable bonds is 2. The van der Waals surface area contributed by atoms with E-state index in [0.717, 1.165) is 6.34 Å². The third kappa shape index (κ3) is 2.88. The van der Waals surface area contributed by atoms with Crippen LogP contribution in [0.2, 0.25) is 0 Å². The Labute approximate surface area is 109 Å². The Morgan fingerprint density at radius 1 is 1.67 bits per heavy atom. The van der Waals surface area contributed by atoms with E-state index in [0.29, 0.717) is 6.54 Å². The fourth-order valence-electron chi connectivity index (χ4n) is 1.08. The van der Waals surface area contributed by atoms with E-state index in [1.54, 1.807) is 0 Å². The number of carbonyl (C=O) groups excluding carboxylic acids is 1. The van der Waals surface area contributed by atoms with E-state index in [4.69, 9.17) is 5.11 Å². The van der Waals surface area contributed by atoms with Crippen LogP contribution in [0.4, 0.5) is 9.59 Å². The van der Waals surface area contributed by atoms with Crippen molar-refractivity contribution in [2.24, 2.45) is 4.99 Å². The standard InChI is InChI=1S/C8H10N2O4.Na.H/c1-2-5-14-8(13)10(7(11)12)4-3-9-6-10;;/h2,6H,1,3-5H2;;/p+1. The van der Waals surface area contributed by atoms with Gasteiger partial charge in [0.15, 0.2) is 0 Å². The monoisotopic (exact) mass is 223 g/mol. The number of nitrogens with zero attached hydrogens (tertiary/aromatic N) is 2. The molecule has 1 unspecified atom stereocenters. The van der Waals surface area contributed by atoms with Gasteiger partial charge < -0.3 is 9.84 Å². The number of carboxylic acid groups (broad SMARTS) is 1.